The van der Waals surface area contributed by atoms with Gasteiger partial charge in [-0.25, -0.2) is 4.98 Å². The van der Waals surface area contributed by atoms with E-state index in [1.807, 2.05) is 19.4 Å². The van der Waals surface area contributed by atoms with Gasteiger partial charge in [0.25, 0.3) is 0 Å². The smallest absolute Gasteiger partial charge is 0.141 e. The van der Waals surface area contributed by atoms with Gasteiger partial charge in [0.05, 0.1) is 6.67 Å². The highest BCUT2D eigenvalue weighted by molar-refractivity contribution is 9.10. The summed E-state index contributed by atoms with van der Waals surface area (Å²) in [5.41, 5.74) is 1.01. The molecular formula is C9H10BrN3. The summed E-state index contributed by atoms with van der Waals surface area (Å²) in [4.78, 5) is 4.34. The summed E-state index contributed by atoms with van der Waals surface area (Å²) in [5.74, 6) is 0. The Balaban J connectivity index is 2.55. The number of pyridine rings is 1. The first-order valence-corrected chi connectivity index (χ1v) is 4.85. The standard InChI is InChI=1S/C9H10BrN3/c1-11-6-13-3-2-7-4-8(10)5-12-9(7)13/h2-5,11H,6H2,1H3. The normalized spacial score (nSPS) is 10.9. The van der Waals surface area contributed by atoms with Crippen LogP contribution in [0.15, 0.2) is 29.0 Å². The van der Waals surface area contributed by atoms with Crippen molar-refractivity contribution in [1.82, 2.24) is 14.9 Å². The molecule has 0 unspecified atom stereocenters. The van der Waals surface area contributed by atoms with Gasteiger partial charge in [0, 0.05) is 22.3 Å². The Morgan fingerprint density at radius 3 is 3.23 bits per heavy atom. The van der Waals surface area contributed by atoms with Crippen LogP contribution in [0.25, 0.3) is 11.0 Å². The summed E-state index contributed by atoms with van der Waals surface area (Å²) in [6.07, 6.45) is 3.84. The second-order valence-corrected chi connectivity index (χ2v) is 3.78. The van der Waals surface area contributed by atoms with Crippen molar-refractivity contribution in [3.63, 3.8) is 0 Å². The van der Waals surface area contributed by atoms with Gasteiger partial charge in [0.1, 0.15) is 5.65 Å². The van der Waals surface area contributed by atoms with Crippen LogP contribution in [0, 0.1) is 0 Å². The van der Waals surface area contributed by atoms with Gasteiger partial charge in [-0.05, 0) is 35.1 Å². The van der Waals surface area contributed by atoms with Crippen molar-refractivity contribution in [3.05, 3.63) is 29.0 Å². The Labute approximate surface area is 84.9 Å². The maximum absolute atomic E-state index is 4.34. The molecule has 0 amide bonds. The molecule has 4 heteroatoms. The molecule has 13 heavy (non-hydrogen) atoms. The monoisotopic (exact) mass is 239 g/mol. The molecule has 0 saturated heterocycles. The lowest BCUT2D eigenvalue weighted by Crippen LogP contribution is -2.12. The van der Waals surface area contributed by atoms with Crippen LogP contribution in [0.1, 0.15) is 0 Å². The molecule has 2 rings (SSSR count). The molecule has 68 valence electrons. The lowest BCUT2D eigenvalue weighted by molar-refractivity contribution is 0.633. The van der Waals surface area contributed by atoms with Crippen LogP contribution in [-0.4, -0.2) is 16.6 Å². The number of aromatic nitrogens is 2. The minimum atomic E-state index is 0.790. The van der Waals surface area contributed by atoms with E-state index in [2.05, 4.69) is 42.9 Å². The molecule has 0 aromatic carbocycles. The fraction of sp³-hybridized carbons (Fsp3) is 0.222. The van der Waals surface area contributed by atoms with Crippen LogP contribution in [0.5, 0.6) is 0 Å². The molecule has 2 heterocycles. The van der Waals surface area contributed by atoms with Crippen molar-refractivity contribution in [2.45, 2.75) is 6.67 Å². The first-order valence-electron chi connectivity index (χ1n) is 4.06. The lowest BCUT2D eigenvalue weighted by atomic mass is 10.3. The average molecular weight is 240 g/mol. The number of fused-ring (bicyclic) bond motifs is 1. The van der Waals surface area contributed by atoms with Crippen molar-refractivity contribution in [2.75, 3.05) is 7.05 Å². The van der Waals surface area contributed by atoms with Crippen LogP contribution >= 0.6 is 15.9 Å². The summed E-state index contributed by atoms with van der Waals surface area (Å²) in [6.45, 7) is 0.790. The summed E-state index contributed by atoms with van der Waals surface area (Å²) < 4.78 is 3.09. The van der Waals surface area contributed by atoms with Crippen LogP contribution in [-0.2, 0) is 6.67 Å². The van der Waals surface area contributed by atoms with Crippen molar-refractivity contribution in [3.8, 4) is 0 Å². The van der Waals surface area contributed by atoms with E-state index in [1.54, 1.807) is 0 Å². The van der Waals surface area contributed by atoms with E-state index in [0.717, 1.165) is 22.2 Å². The summed E-state index contributed by atoms with van der Waals surface area (Å²) in [5, 5.41) is 4.25. The number of nitrogens with zero attached hydrogens (tertiary/aromatic N) is 2. The van der Waals surface area contributed by atoms with Gasteiger partial charge >= 0.3 is 0 Å². The first-order chi connectivity index (χ1) is 6.31. The van der Waals surface area contributed by atoms with E-state index in [-0.39, 0.29) is 0 Å². The van der Waals surface area contributed by atoms with E-state index in [0.29, 0.717) is 0 Å². The molecule has 0 aliphatic heterocycles. The van der Waals surface area contributed by atoms with Crippen molar-refractivity contribution < 1.29 is 0 Å². The third-order valence-corrected chi connectivity index (χ3v) is 2.33. The number of halogens is 1. The Bertz CT molecular complexity index is 422. The van der Waals surface area contributed by atoms with E-state index in [4.69, 9.17) is 0 Å². The molecule has 0 radical (unpaired) electrons. The molecule has 0 spiro atoms. The number of rotatable bonds is 2. The largest absolute Gasteiger partial charge is 0.319 e. The molecule has 0 fully saturated rings. The van der Waals surface area contributed by atoms with Gasteiger partial charge in [-0.1, -0.05) is 0 Å². The van der Waals surface area contributed by atoms with Crippen LogP contribution < -0.4 is 5.32 Å². The number of nitrogens with one attached hydrogen (secondary N) is 1. The zero-order valence-electron chi connectivity index (χ0n) is 7.29. The summed E-state index contributed by atoms with van der Waals surface area (Å²) in [7, 11) is 1.92. The van der Waals surface area contributed by atoms with Crippen molar-refractivity contribution in [1.29, 1.82) is 0 Å². The Hall–Kier alpha value is -0.870. The van der Waals surface area contributed by atoms with E-state index in [1.165, 1.54) is 0 Å². The van der Waals surface area contributed by atoms with Crippen molar-refractivity contribution >= 4 is 27.0 Å². The first kappa shape index (κ1) is 8.72. The molecule has 0 bridgehead atoms. The van der Waals surface area contributed by atoms with E-state index in [9.17, 15) is 0 Å². The summed E-state index contributed by atoms with van der Waals surface area (Å²) >= 11 is 3.39. The Morgan fingerprint density at radius 1 is 1.62 bits per heavy atom. The highest BCUT2D eigenvalue weighted by Gasteiger charge is 2.00. The van der Waals surface area contributed by atoms with Gasteiger partial charge < -0.3 is 9.88 Å². The molecule has 0 atom stereocenters. The molecule has 0 aliphatic rings. The molecule has 1 N–H and O–H groups in total. The third kappa shape index (κ3) is 1.59. The second kappa shape index (κ2) is 3.47. The van der Waals surface area contributed by atoms with Gasteiger partial charge in [-0.2, -0.15) is 0 Å². The van der Waals surface area contributed by atoms with Crippen molar-refractivity contribution in [2.24, 2.45) is 0 Å². The fourth-order valence-corrected chi connectivity index (χ4v) is 1.70. The molecule has 2 aromatic rings. The predicted octanol–water partition coefficient (Wildman–Crippen LogP) is 1.98. The second-order valence-electron chi connectivity index (χ2n) is 2.86. The van der Waals surface area contributed by atoms with E-state index >= 15 is 0 Å². The van der Waals surface area contributed by atoms with Gasteiger partial charge in [-0.3, -0.25) is 0 Å². The highest BCUT2D eigenvalue weighted by atomic mass is 79.9. The predicted molar refractivity (Wildman–Crippen MR) is 56.5 cm³/mol. The fourth-order valence-electron chi connectivity index (χ4n) is 1.35. The quantitative estimate of drug-likeness (QED) is 0.869. The highest BCUT2D eigenvalue weighted by Crippen LogP contribution is 2.17. The topological polar surface area (TPSA) is 29.9 Å². The van der Waals surface area contributed by atoms with Crippen LogP contribution in [0.2, 0.25) is 0 Å². The Kier molecular flexibility index (Phi) is 2.33. The zero-order chi connectivity index (χ0) is 9.26. The van der Waals surface area contributed by atoms with E-state index < -0.39 is 0 Å². The van der Waals surface area contributed by atoms with Gasteiger partial charge in [0.2, 0.25) is 0 Å². The average Bonchev–Trinajstić information content (AvgIpc) is 2.49. The number of hydrogen-bond donors (Lipinski definition) is 1. The summed E-state index contributed by atoms with van der Waals surface area (Å²) in [6, 6.07) is 4.12. The van der Waals surface area contributed by atoms with Gasteiger partial charge in [-0.15, -0.1) is 0 Å². The van der Waals surface area contributed by atoms with Gasteiger partial charge in [0.15, 0.2) is 0 Å². The molecule has 0 aliphatic carbocycles. The third-order valence-electron chi connectivity index (χ3n) is 1.90. The lowest BCUT2D eigenvalue weighted by Gasteiger charge is -2.02. The molecular weight excluding hydrogens is 230 g/mol. The molecule has 3 nitrogen and oxygen atoms in total. The number of hydrogen-bond acceptors (Lipinski definition) is 2. The molecule has 0 saturated carbocycles. The zero-order valence-corrected chi connectivity index (χ0v) is 8.87. The maximum Gasteiger partial charge on any atom is 0.141 e. The SMILES string of the molecule is CNCn1ccc2cc(Br)cnc21. The maximum atomic E-state index is 4.34. The van der Waals surface area contributed by atoms with Crippen LogP contribution in [0.4, 0.5) is 0 Å². The van der Waals surface area contributed by atoms with Crippen LogP contribution in [0.3, 0.4) is 0 Å². The Morgan fingerprint density at radius 2 is 2.46 bits per heavy atom. The molecule has 2 aromatic heterocycles. The minimum absolute atomic E-state index is 0.790. The minimum Gasteiger partial charge on any atom is -0.319 e.